The number of benzene rings is 3. The second-order valence-corrected chi connectivity index (χ2v) is 20.3. The van der Waals surface area contributed by atoms with Crippen LogP contribution in [-0.2, 0) is 32.5 Å². The first-order valence-electron chi connectivity index (χ1n) is 17.6. The van der Waals surface area contributed by atoms with Gasteiger partial charge in [-0.3, -0.25) is 0 Å². The fraction of sp³-hybridized carbons (Fsp3) is 0.545. The molecular formula is C44H62O5S. The third-order valence-corrected chi connectivity index (χ3v) is 9.33. The number of thiocarbonyl (C=S) groups is 1. The number of carbonyl (C=O) groups is 1. The molecule has 0 aliphatic rings. The molecule has 0 aromatic heterocycles. The number of hydrogen-bond donors (Lipinski definition) is 2. The van der Waals surface area contributed by atoms with E-state index in [2.05, 4.69) is 83.1 Å². The summed E-state index contributed by atoms with van der Waals surface area (Å²) in [6.07, 6.45) is 0. The summed E-state index contributed by atoms with van der Waals surface area (Å²) in [7, 11) is 0. The molecule has 274 valence electrons. The van der Waals surface area contributed by atoms with E-state index >= 15 is 0 Å². The van der Waals surface area contributed by atoms with Gasteiger partial charge in [-0.15, -0.1) is 0 Å². The Morgan fingerprint density at radius 1 is 0.460 bits per heavy atom. The third-order valence-electron chi connectivity index (χ3n) is 9.01. The van der Waals surface area contributed by atoms with Gasteiger partial charge < -0.3 is 19.7 Å². The number of hydrogen-bond acceptors (Lipinski definition) is 6. The lowest BCUT2D eigenvalue weighted by Crippen LogP contribution is -2.24. The Morgan fingerprint density at radius 3 is 1.04 bits per heavy atom. The Kier molecular flexibility index (Phi) is 10.9. The normalized spacial score (nSPS) is 13.3. The number of aromatic hydroxyl groups is 2. The smallest absolute Gasteiger partial charge is 0.343 e. The zero-order chi connectivity index (χ0) is 38.7. The van der Waals surface area contributed by atoms with E-state index in [1.165, 1.54) is 0 Å². The van der Waals surface area contributed by atoms with E-state index in [-0.39, 0.29) is 27.4 Å². The first-order chi connectivity index (χ1) is 22.2. The summed E-state index contributed by atoms with van der Waals surface area (Å²) in [5.74, 6) is 1.06. The minimum atomic E-state index is -0.489. The van der Waals surface area contributed by atoms with E-state index in [0.29, 0.717) is 33.8 Å². The van der Waals surface area contributed by atoms with Crippen LogP contribution in [0.15, 0.2) is 36.4 Å². The van der Waals surface area contributed by atoms with Crippen LogP contribution in [0.4, 0.5) is 0 Å². The zero-order valence-electron chi connectivity index (χ0n) is 34.0. The van der Waals surface area contributed by atoms with Crippen molar-refractivity contribution in [1.82, 2.24) is 0 Å². The van der Waals surface area contributed by atoms with E-state index in [0.717, 1.165) is 22.3 Å². The topological polar surface area (TPSA) is 76.0 Å². The SMILES string of the molecule is CC(C)(C)c1cc(OC(=S)c2cc(C(C)(C)C)c(OC(=O)c3cc(C(C)(C)C)c(O)c(C(C)(C)C)c3)c(C(C)(C)C)c2)cc(C(C)(C)C)c1O. The monoisotopic (exact) mass is 702 g/mol. The number of rotatable bonds is 4. The van der Waals surface area contributed by atoms with Gasteiger partial charge in [0.2, 0.25) is 0 Å². The van der Waals surface area contributed by atoms with Crippen LogP contribution in [0, 0.1) is 0 Å². The molecule has 0 unspecified atom stereocenters. The van der Waals surface area contributed by atoms with Gasteiger partial charge in [-0.1, -0.05) is 125 Å². The molecule has 5 nitrogen and oxygen atoms in total. The van der Waals surface area contributed by atoms with Gasteiger partial charge in [0.1, 0.15) is 23.0 Å². The molecule has 0 spiro atoms. The quantitative estimate of drug-likeness (QED) is 0.160. The number of phenolic OH excluding ortho intramolecular Hbond substituents is 2. The second-order valence-electron chi connectivity index (χ2n) is 20.0. The average molecular weight is 703 g/mol. The summed E-state index contributed by atoms with van der Waals surface area (Å²) in [5.41, 5.74) is 3.38. The maximum absolute atomic E-state index is 14.2. The fourth-order valence-corrected chi connectivity index (χ4v) is 6.21. The van der Waals surface area contributed by atoms with Gasteiger partial charge >= 0.3 is 5.97 Å². The van der Waals surface area contributed by atoms with Crippen molar-refractivity contribution in [2.24, 2.45) is 0 Å². The van der Waals surface area contributed by atoms with E-state index in [9.17, 15) is 15.0 Å². The molecule has 3 aromatic carbocycles. The van der Waals surface area contributed by atoms with Crippen LogP contribution in [0.25, 0.3) is 0 Å². The van der Waals surface area contributed by atoms with Gasteiger partial charge in [-0.2, -0.15) is 0 Å². The molecular weight excluding hydrogens is 641 g/mol. The molecule has 50 heavy (non-hydrogen) atoms. The molecule has 0 radical (unpaired) electrons. The van der Waals surface area contributed by atoms with Crippen LogP contribution in [0.1, 0.15) is 174 Å². The van der Waals surface area contributed by atoms with Crippen molar-refractivity contribution >= 4 is 23.2 Å². The molecule has 0 bridgehead atoms. The van der Waals surface area contributed by atoms with Gasteiger partial charge in [0.05, 0.1) is 5.56 Å². The lowest BCUT2D eigenvalue weighted by atomic mass is 9.78. The molecule has 2 N–H and O–H groups in total. The summed E-state index contributed by atoms with van der Waals surface area (Å²) in [5, 5.41) is 22.8. The Bertz CT molecular complexity index is 1680. The predicted octanol–water partition coefficient (Wildman–Crippen LogP) is 11.9. The van der Waals surface area contributed by atoms with Crippen molar-refractivity contribution in [2.45, 2.75) is 157 Å². The molecule has 0 aliphatic heterocycles. The molecule has 3 aromatic rings. The molecule has 0 amide bonds. The molecule has 0 fully saturated rings. The average Bonchev–Trinajstić information content (AvgIpc) is 2.90. The van der Waals surface area contributed by atoms with Crippen molar-refractivity contribution in [3.8, 4) is 23.0 Å². The summed E-state index contributed by atoms with van der Waals surface area (Å²) in [6, 6.07) is 11.2. The molecule has 6 heteroatoms. The highest BCUT2D eigenvalue weighted by atomic mass is 32.1. The van der Waals surface area contributed by atoms with Gasteiger partial charge in [-0.25, -0.2) is 4.79 Å². The molecule has 0 saturated heterocycles. The highest BCUT2D eigenvalue weighted by Crippen LogP contribution is 2.45. The van der Waals surface area contributed by atoms with E-state index < -0.39 is 27.6 Å². The largest absolute Gasteiger partial charge is 0.507 e. The van der Waals surface area contributed by atoms with Gasteiger partial charge in [-0.05, 0) is 81.1 Å². The number of esters is 1. The number of ether oxygens (including phenoxy) is 2. The third kappa shape index (κ3) is 9.09. The highest BCUT2D eigenvalue weighted by molar-refractivity contribution is 7.80. The molecule has 3 rings (SSSR count). The maximum Gasteiger partial charge on any atom is 0.343 e. The summed E-state index contributed by atoms with van der Waals surface area (Å²) in [6.45, 7) is 37.0. The number of carbonyl (C=O) groups excluding carboxylic acids is 1. The van der Waals surface area contributed by atoms with Crippen molar-refractivity contribution in [3.05, 3.63) is 80.9 Å². The van der Waals surface area contributed by atoms with Crippen molar-refractivity contribution in [3.63, 3.8) is 0 Å². The van der Waals surface area contributed by atoms with Crippen molar-refractivity contribution in [2.75, 3.05) is 0 Å². The summed E-state index contributed by atoms with van der Waals surface area (Å²) in [4.78, 5) is 14.2. The molecule has 0 saturated carbocycles. The van der Waals surface area contributed by atoms with Crippen LogP contribution in [0.2, 0.25) is 0 Å². The Hall–Kier alpha value is -3.38. The van der Waals surface area contributed by atoms with Gasteiger partial charge in [0, 0.05) is 38.9 Å². The van der Waals surface area contributed by atoms with Crippen LogP contribution >= 0.6 is 12.2 Å². The van der Waals surface area contributed by atoms with Crippen LogP contribution in [0.5, 0.6) is 23.0 Å². The molecule has 0 atom stereocenters. The highest BCUT2D eigenvalue weighted by Gasteiger charge is 2.33. The first-order valence-corrected chi connectivity index (χ1v) is 18.0. The van der Waals surface area contributed by atoms with E-state index in [1.54, 1.807) is 12.1 Å². The Balaban J connectivity index is 2.24. The van der Waals surface area contributed by atoms with E-state index in [4.69, 9.17) is 21.7 Å². The summed E-state index contributed by atoms with van der Waals surface area (Å²) < 4.78 is 12.9. The van der Waals surface area contributed by atoms with Crippen molar-refractivity contribution < 1.29 is 24.5 Å². The first kappa shape index (κ1) is 41.0. The standard InChI is InChI=1S/C44H62O5S/c1-39(2,3)28-19-25(20-29(34(28)45)40(4,5)6)37(47)49-36-32(43(13,14)15)21-26(22-33(36)44(16,17)18)38(50)48-27-23-30(41(7,8)9)35(46)31(24-27)42(10,11)12/h19-24,45-46H,1-18H3. The van der Waals surface area contributed by atoms with E-state index in [1.807, 2.05) is 65.8 Å². The lowest BCUT2D eigenvalue weighted by Gasteiger charge is -2.31. The Labute approximate surface area is 307 Å². The molecule has 0 aliphatic carbocycles. The predicted molar refractivity (Wildman–Crippen MR) is 212 cm³/mol. The second kappa shape index (κ2) is 13.3. The minimum Gasteiger partial charge on any atom is -0.507 e. The number of phenols is 2. The fourth-order valence-electron chi connectivity index (χ4n) is 5.99. The molecule has 0 heterocycles. The van der Waals surface area contributed by atoms with Gasteiger partial charge in [0.25, 0.3) is 0 Å². The van der Waals surface area contributed by atoms with Crippen LogP contribution < -0.4 is 9.47 Å². The van der Waals surface area contributed by atoms with Gasteiger partial charge in [0.15, 0.2) is 5.05 Å². The maximum atomic E-state index is 14.2. The zero-order valence-corrected chi connectivity index (χ0v) is 34.8. The Morgan fingerprint density at radius 2 is 0.740 bits per heavy atom. The van der Waals surface area contributed by atoms with Crippen LogP contribution in [0.3, 0.4) is 0 Å². The summed E-state index contributed by atoms with van der Waals surface area (Å²) >= 11 is 5.98. The van der Waals surface area contributed by atoms with Crippen molar-refractivity contribution in [1.29, 1.82) is 0 Å². The van der Waals surface area contributed by atoms with Crippen LogP contribution in [-0.4, -0.2) is 21.2 Å². The minimum absolute atomic E-state index is 0.211. The lowest BCUT2D eigenvalue weighted by molar-refractivity contribution is 0.0728.